The molecule has 3 rings (SSSR count). The molecule has 2 aliphatic heterocycles. The summed E-state index contributed by atoms with van der Waals surface area (Å²) < 4.78 is 11.4. The number of carbonyl (C=O) groups excluding carboxylic acids is 1. The van der Waals surface area contributed by atoms with Gasteiger partial charge in [-0.05, 0) is 19.1 Å². The van der Waals surface area contributed by atoms with Crippen LogP contribution in [0.1, 0.15) is 6.92 Å². The number of aliphatic hydroxyl groups excluding tert-OH is 1. The van der Waals surface area contributed by atoms with Gasteiger partial charge in [-0.3, -0.25) is 0 Å². The summed E-state index contributed by atoms with van der Waals surface area (Å²) in [5, 5.41) is 15.8. The van der Waals surface area contributed by atoms with Crippen molar-refractivity contribution in [1.82, 2.24) is 10.6 Å². The van der Waals surface area contributed by atoms with Gasteiger partial charge < -0.3 is 25.2 Å². The lowest BCUT2D eigenvalue weighted by atomic mass is 10.0. The highest BCUT2D eigenvalue weighted by atomic mass is 32.2. The smallest absolute Gasteiger partial charge is 0.315 e. The van der Waals surface area contributed by atoms with Gasteiger partial charge in [0.05, 0.1) is 24.0 Å². The average Bonchev–Trinajstić information content (AvgIpc) is 2.96. The highest BCUT2D eigenvalue weighted by Gasteiger charge is 2.51. The van der Waals surface area contributed by atoms with E-state index >= 15 is 0 Å². The SMILES string of the molecule is CCNC(=O)NC1C2COC(O2)C(Sc2ccccc2)C1O. The molecule has 2 aliphatic rings. The minimum Gasteiger partial charge on any atom is -0.389 e. The van der Waals surface area contributed by atoms with Crippen LogP contribution in [0.15, 0.2) is 35.2 Å². The maximum Gasteiger partial charge on any atom is 0.315 e. The van der Waals surface area contributed by atoms with E-state index in [1.807, 2.05) is 37.3 Å². The molecule has 0 aromatic heterocycles. The van der Waals surface area contributed by atoms with Crippen LogP contribution in [0, 0.1) is 0 Å². The van der Waals surface area contributed by atoms with Crippen molar-refractivity contribution in [2.24, 2.45) is 0 Å². The molecule has 22 heavy (non-hydrogen) atoms. The first-order valence-electron chi connectivity index (χ1n) is 7.40. The average molecular weight is 324 g/mol. The van der Waals surface area contributed by atoms with Crippen LogP contribution in [0.4, 0.5) is 4.79 Å². The van der Waals surface area contributed by atoms with Crippen molar-refractivity contribution in [3.63, 3.8) is 0 Å². The number of amides is 2. The van der Waals surface area contributed by atoms with Crippen LogP contribution in [-0.4, -0.2) is 54.1 Å². The number of thioether (sulfide) groups is 1. The van der Waals surface area contributed by atoms with Gasteiger partial charge in [0.2, 0.25) is 0 Å². The maximum absolute atomic E-state index is 11.8. The van der Waals surface area contributed by atoms with Gasteiger partial charge in [0, 0.05) is 11.4 Å². The van der Waals surface area contributed by atoms with Gasteiger partial charge in [-0.2, -0.15) is 0 Å². The molecule has 0 radical (unpaired) electrons. The summed E-state index contributed by atoms with van der Waals surface area (Å²) in [5.41, 5.74) is 0. The Labute approximate surface area is 133 Å². The second kappa shape index (κ2) is 6.87. The molecular formula is C15H20N2O4S. The van der Waals surface area contributed by atoms with Gasteiger partial charge in [0.15, 0.2) is 6.29 Å². The number of urea groups is 1. The third-order valence-electron chi connectivity index (χ3n) is 3.76. The summed E-state index contributed by atoms with van der Waals surface area (Å²) in [6.45, 7) is 2.75. The number of rotatable bonds is 4. The molecule has 2 heterocycles. The highest BCUT2D eigenvalue weighted by Crippen LogP contribution is 2.38. The lowest BCUT2D eigenvalue weighted by molar-refractivity contribution is -0.121. The zero-order valence-corrected chi connectivity index (χ0v) is 13.1. The van der Waals surface area contributed by atoms with E-state index in [9.17, 15) is 9.90 Å². The number of hydrogen-bond acceptors (Lipinski definition) is 5. The molecule has 0 spiro atoms. The van der Waals surface area contributed by atoms with Crippen molar-refractivity contribution < 1.29 is 19.4 Å². The summed E-state index contributed by atoms with van der Waals surface area (Å²) in [4.78, 5) is 12.8. The van der Waals surface area contributed by atoms with Crippen LogP contribution >= 0.6 is 11.8 Å². The van der Waals surface area contributed by atoms with Crippen molar-refractivity contribution in [3.8, 4) is 0 Å². The third kappa shape index (κ3) is 3.22. The van der Waals surface area contributed by atoms with Crippen molar-refractivity contribution >= 4 is 17.8 Å². The minimum absolute atomic E-state index is 0.284. The van der Waals surface area contributed by atoms with Crippen LogP contribution in [-0.2, 0) is 9.47 Å². The fraction of sp³-hybridized carbons (Fsp3) is 0.533. The summed E-state index contributed by atoms with van der Waals surface area (Å²) in [7, 11) is 0. The van der Waals surface area contributed by atoms with Gasteiger partial charge >= 0.3 is 6.03 Å². The Bertz CT molecular complexity index is 516. The number of hydrogen-bond donors (Lipinski definition) is 3. The van der Waals surface area contributed by atoms with Gasteiger partial charge in [-0.25, -0.2) is 4.79 Å². The summed E-state index contributed by atoms with van der Waals surface area (Å²) in [6.07, 6.45) is -1.49. The van der Waals surface area contributed by atoms with E-state index in [1.54, 1.807) is 0 Å². The molecule has 1 aromatic carbocycles. The van der Waals surface area contributed by atoms with Gasteiger partial charge in [-0.1, -0.05) is 18.2 Å². The van der Waals surface area contributed by atoms with Gasteiger partial charge in [0.25, 0.3) is 0 Å². The highest BCUT2D eigenvalue weighted by molar-refractivity contribution is 8.00. The summed E-state index contributed by atoms with van der Waals surface area (Å²) >= 11 is 1.50. The number of benzene rings is 1. The first-order valence-corrected chi connectivity index (χ1v) is 8.28. The third-order valence-corrected chi connectivity index (χ3v) is 5.08. The molecule has 0 saturated carbocycles. The van der Waals surface area contributed by atoms with Crippen LogP contribution in [0.3, 0.4) is 0 Å². The molecule has 3 N–H and O–H groups in total. The Kier molecular flexibility index (Phi) is 4.87. The van der Waals surface area contributed by atoms with Crippen LogP contribution in [0.25, 0.3) is 0 Å². The van der Waals surface area contributed by atoms with E-state index in [0.717, 1.165) is 4.90 Å². The van der Waals surface area contributed by atoms with Crippen molar-refractivity contribution in [2.45, 2.75) is 41.6 Å². The lowest BCUT2D eigenvalue weighted by Gasteiger charge is -2.38. The molecule has 6 nitrogen and oxygen atoms in total. The van der Waals surface area contributed by atoms with E-state index in [1.165, 1.54) is 11.8 Å². The number of nitrogens with one attached hydrogen (secondary N) is 2. The monoisotopic (exact) mass is 324 g/mol. The molecule has 2 fully saturated rings. The molecule has 5 atom stereocenters. The largest absolute Gasteiger partial charge is 0.389 e. The van der Waals surface area contributed by atoms with E-state index in [0.29, 0.717) is 13.2 Å². The van der Waals surface area contributed by atoms with E-state index < -0.39 is 18.4 Å². The van der Waals surface area contributed by atoms with Crippen LogP contribution in [0.5, 0.6) is 0 Å². The minimum atomic E-state index is -0.737. The van der Waals surface area contributed by atoms with E-state index in [-0.39, 0.29) is 17.4 Å². The molecule has 120 valence electrons. The Balaban J connectivity index is 1.72. The van der Waals surface area contributed by atoms with Crippen molar-refractivity contribution in [3.05, 3.63) is 30.3 Å². The second-order valence-electron chi connectivity index (χ2n) is 5.29. The topological polar surface area (TPSA) is 79.8 Å². The normalized spacial score (nSPS) is 33.5. The molecule has 2 bridgehead atoms. The van der Waals surface area contributed by atoms with Crippen LogP contribution < -0.4 is 10.6 Å². The zero-order chi connectivity index (χ0) is 15.5. The van der Waals surface area contributed by atoms with Crippen molar-refractivity contribution in [1.29, 1.82) is 0 Å². The van der Waals surface area contributed by atoms with E-state index in [2.05, 4.69) is 10.6 Å². The van der Waals surface area contributed by atoms with E-state index in [4.69, 9.17) is 9.47 Å². The predicted molar refractivity (Wildman–Crippen MR) is 82.7 cm³/mol. The predicted octanol–water partition coefficient (Wildman–Crippen LogP) is 0.951. The molecule has 2 amide bonds. The quantitative estimate of drug-likeness (QED) is 0.768. The Hall–Kier alpha value is -1.28. The molecule has 2 saturated heterocycles. The summed E-state index contributed by atoms with van der Waals surface area (Å²) in [6, 6.07) is 9.01. The second-order valence-corrected chi connectivity index (χ2v) is 6.54. The number of fused-ring (bicyclic) bond motifs is 2. The first kappa shape index (κ1) is 15.6. The lowest BCUT2D eigenvalue weighted by Crippen LogP contribution is -2.61. The van der Waals surface area contributed by atoms with Crippen LogP contribution in [0.2, 0.25) is 0 Å². The zero-order valence-electron chi connectivity index (χ0n) is 12.3. The molecule has 1 aromatic rings. The van der Waals surface area contributed by atoms with Gasteiger partial charge in [-0.15, -0.1) is 11.8 Å². The number of aliphatic hydroxyl groups is 1. The Morgan fingerprint density at radius 3 is 2.91 bits per heavy atom. The molecule has 7 heteroatoms. The number of carbonyl (C=O) groups is 1. The fourth-order valence-corrected chi connectivity index (χ4v) is 3.90. The fourth-order valence-electron chi connectivity index (χ4n) is 2.71. The Morgan fingerprint density at radius 1 is 1.41 bits per heavy atom. The summed E-state index contributed by atoms with van der Waals surface area (Å²) in [5.74, 6) is 0. The Morgan fingerprint density at radius 2 is 2.18 bits per heavy atom. The maximum atomic E-state index is 11.8. The molecule has 5 unspecified atom stereocenters. The molecular weight excluding hydrogens is 304 g/mol. The van der Waals surface area contributed by atoms with Crippen molar-refractivity contribution in [2.75, 3.05) is 13.2 Å². The first-order chi connectivity index (χ1) is 10.7. The van der Waals surface area contributed by atoms with Gasteiger partial charge in [0.1, 0.15) is 6.10 Å². The molecule has 0 aliphatic carbocycles. The standard InChI is InChI=1S/C15H20N2O4S/c1-2-16-15(19)17-11-10-8-20-14(21-10)13(12(11)18)22-9-6-4-3-5-7-9/h3-7,10-14,18H,2,8H2,1H3,(H2,16,17,19). The number of ether oxygens (including phenoxy) is 2.